The maximum absolute atomic E-state index is 8.95. The summed E-state index contributed by atoms with van der Waals surface area (Å²) in [4.78, 5) is 8.03. The second-order valence-corrected chi connectivity index (χ2v) is 3.90. The molecule has 1 aromatic carbocycles. The Hall–Kier alpha value is -2.81. The Morgan fingerprint density at radius 1 is 1.20 bits per heavy atom. The highest BCUT2D eigenvalue weighted by molar-refractivity contribution is 5.49. The van der Waals surface area contributed by atoms with Crippen LogP contribution in [0.5, 0.6) is 11.5 Å². The number of nitriles is 1. The van der Waals surface area contributed by atoms with E-state index in [-0.39, 0.29) is 5.69 Å². The topological polar surface area (TPSA) is 80.1 Å². The second kappa shape index (κ2) is 6.38. The third-order valence-electron chi connectivity index (χ3n) is 2.74. The van der Waals surface area contributed by atoms with Crippen molar-refractivity contribution in [1.29, 1.82) is 5.26 Å². The van der Waals surface area contributed by atoms with Crippen molar-refractivity contribution in [3.63, 3.8) is 0 Å². The van der Waals surface area contributed by atoms with E-state index >= 15 is 0 Å². The molecule has 0 fully saturated rings. The van der Waals surface area contributed by atoms with Crippen LogP contribution in [-0.4, -0.2) is 24.2 Å². The average molecular weight is 270 g/mol. The molecule has 0 spiro atoms. The lowest BCUT2D eigenvalue weighted by Crippen LogP contribution is -2.05. The third-order valence-corrected chi connectivity index (χ3v) is 2.74. The third kappa shape index (κ3) is 2.95. The highest BCUT2D eigenvalue weighted by atomic mass is 16.5. The van der Waals surface area contributed by atoms with Crippen LogP contribution in [-0.2, 0) is 6.54 Å². The number of ether oxygens (including phenoxy) is 2. The van der Waals surface area contributed by atoms with Gasteiger partial charge in [-0.2, -0.15) is 5.26 Å². The Labute approximate surface area is 117 Å². The van der Waals surface area contributed by atoms with Gasteiger partial charge < -0.3 is 14.8 Å². The number of hydrogen-bond acceptors (Lipinski definition) is 6. The Morgan fingerprint density at radius 3 is 2.70 bits per heavy atom. The predicted molar refractivity (Wildman–Crippen MR) is 73.6 cm³/mol. The van der Waals surface area contributed by atoms with Crippen molar-refractivity contribution in [2.75, 3.05) is 19.5 Å². The number of methoxy groups -OCH3 is 2. The summed E-state index contributed by atoms with van der Waals surface area (Å²) < 4.78 is 10.5. The Balaban J connectivity index is 2.17. The van der Waals surface area contributed by atoms with Crippen LogP contribution < -0.4 is 14.8 Å². The fraction of sp³-hybridized carbons (Fsp3) is 0.214. The zero-order valence-electron chi connectivity index (χ0n) is 11.3. The summed E-state index contributed by atoms with van der Waals surface area (Å²) in [5, 5.41) is 12.0. The van der Waals surface area contributed by atoms with Crippen molar-refractivity contribution in [3.8, 4) is 17.6 Å². The van der Waals surface area contributed by atoms with Crippen molar-refractivity contribution in [2.45, 2.75) is 6.54 Å². The van der Waals surface area contributed by atoms with Gasteiger partial charge in [0.05, 0.1) is 14.2 Å². The molecule has 0 saturated heterocycles. The molecule has 0 unspecified atom stereocenters. The minimum Gasteiger partial charge on any atom is -0.497 e. The Morgan fingerprint density at radius 2 is 2.00 bits per heavy atom. The van der Waals surface area contributed by atoms with E-state index in [1.54, 1.807) is 20.3 Å². The summed E-state index contributed by atoms with van der Waals surface area (Å²) in [6, 6.07) is 7.54. The summed E-state index contributed by atoms with van der Waals surface area (Å²) in [7, 11) is 3.20. The van der Waals surface area contributed by atoms with E-state index in [0.29, 0.717) is 18.1 Å². The fourth-order valence-electron chi connectivity index (χ4n) is 1.73. The molecular weight excluding hydrogens is 256 g/mol. The predicted octanol–water partition coefficient (Wildman–Crippen LogP) is 1.98. The zero-order valence-corrected chi connectivity index (χ0v) is 11.3. The van der Waals surface area contributed by atoms with Gasteiger partial charge in [0.15, 0.2) is 11.5 Å². The van der Waals surface area contributed by atoms with Crippen molar-refractivity contribution >= 4 is 5.82 Å². The lowest BCUT2D eigenvalue weighted by molar-refractivity contribution is 0.391. The Bertz CT molecular complexity index is 637. The molecule has 102 valence electrons. The molecule has 0 saturated carbocycles. The number of anilines is 1. The van der Waals surface area contributed by atoms with Crippen molar-refractivity contribution in [2.24, 2.45) is 0 Å². The summed E-state index contributed by atoms with van der Waals surface area (Å²) in [5.74, 6) is 1.88. The van der Waals surface area contributed by atoms with Gasteiger partial charge in [-0.15, -0.1) is 0 Å². The molecule has 0 bridgehead atoms. The quantitative estimate of drug-likeness (QED) is 0.894. The molecule has 6 nitrogen and oxygen atoms in total. The van der Waals surface area contributed by atoms with Crippen molar-refractivity contribution < 1.29 is 9.47 Å². The van der Waals surface area contributed by atoms with Crippen LogP contribution in [0.2, 0.25) is 0 Å². The van der Waals surface area contributed by atoms with E-state index in [4.69, 9.17) is 14.7 Å². The first kappa shape index (κ1) is 13.6. The summed E-state index contributed by atoms with van der Waals surface area (Å²) in [6.07, 6.45) is 3.02. The molecule has 1 N–H and O–H groups in total. The van der Waals surface area contributed by atoms with Crippen LogP contribution in [0.1, 0.15) is 11.3 Å². The van der Waals surface area contributed by atoms with E-state index in [1.807, 2.05) is 18.2 Å². The van der Waals surface area contributed by atoms with Gasteiger partial charge in [-0.25, -0.2) is 9.97 Å². The van der Waals surface area contributed by atoms with Gasteiger partial charge in [0.25, 0.3) is 0 Å². The van der Waals surface area contributed by atoms with Crippen LogP contribution in [0.15, 0.2) is 30.6 Å². The van der Waals surface area contributed by atoms with Crippen LogP contribution >= 0.6 is 0 Å². The van der Waals surface area contributed by atoms with Gasteiger partial charge in [-0.3, -0.25) is 0 Å². The maximum Gasteiger partial charge on any atom is 0.182 e. The van der Waals surface area contributed by atoms with Crippen molar-refractivity contribution in [1.82, 2.24) is 9.97 Å². The van der Waals surface area contributed by atoms with E-state index < -0.39 is 0 Å². The highest BCUT2D eigenvalue weighted by Crippen LogP contribution is 2.25. The second-order valence-electron chi connectivity index (χ2n) is 3.90. The van der Waals surface area contributed by atoms with Crippen LogP contribution in [0, 0.1) is 11.3 Å². The van der Waals surface area contributed by atoms with E-state index in [9.17, 15) is 0 Å². The number of benzene rings is 1. The Kier molecular flexibility index (Phi) is 4.35. The van der Waals surface area contributed by atoms with Gasteiger partial charge in [-0.1, -0.05) is 0 Å². The van der Waals surface area contributed by atoms with Crippen LogP contribution in [0.4, 0.5) is 5.82 Å². The van der Waals surface area contributed by atoms with Crippen molar-refractivity contribution in [3.05, 3.63) is 41.9 Å². The minimum absolute atomic E-state index is 0.264. The molecule has 0 aliphatic rings. The SMILES string of the molecule is COc1ccc(CNc2nccnc2C#N)c(OC)c1. The number of nitrogens with zero attached hydrogens (tertiary/aromatic N) is 3. The van der Waals surface area contributed by atoms with E-state index in [2.05, 4.69) is 15.3 Å². The number of aromatic nitrogens is 2. The number of nitrogens with one attached hydrogen (secondary N) is 1. The standard InChI is InChI=1S/C14H14N4O2/c1-19-11-4-3-10(13(7-11)20-2)9-18-14-12(8-15)16-5-6-17-14/h3-7H,9H2,1-2H3,(H,17,18). The summed E-state index contributed by atoms with van der Waals surface area (Å²) >= 11 is 0. The van der Waals surface area contributed by atoms with Gasteiger partial charge in [0, 0.05) is 30.6 Å². The smallest absolute Gasteiger partial charge is 0.182 e. The van der Waals surface area contributed by atoms with Gasteiger partial charge in [0.1, 0.15) is 17.6 Å². The molecule has 20 heavy (non-hydrogen) atoms. The minimum atomic E-state index is 0.264. The van der Waals surface area contributed by atoms with Gasteiger partial charge >= 0.3 is 0 Å². The summed E-state index contributed by atoms with van der Waals surface area (Å²) in [6.45, 7) is 0.473. The largest absolute Gasteiger partial charge is 0.497 e. The van der Waals surface area contributed by atoms with Gasteiger partial charge in [-0.05, 0) is 12.1 Å². The first-order valence-corrected chi connectivity index (χ1v) is 5.94. The average Bonchev–Trinajstić information content (AvgIpc) is 2.52. The fourth-order valence-corrected chi connectivity index (χ4v) is 1.73. The monoisotopic (exact) mass is 270 g/mol. The number of hydrogen-bond donors (Lipinski definition) is 1. The van der Waals surface area contributed by atoms with Gasteiger partial charge in [0.2, 0.25) is 0 Å². The molecule has 0 radical (unpaired) electrons. The molecule has 1 aromatic heterocycles. The van der Waals surface area contributed by atoms with E-state index in [1.165, 1.54) is 12.4 Å². The van der Waals surface area contributed by atoms with Crippen LogP contribution in [0.3, 0.4) is 0 Å². The molecule has 0 atom stereocenters. The molecule has 2 aromatic rings. The maximum atomic E-state index is 8.95. The first-order chi connectivity index (χ1) is 9.78. The molecule has 0 aliphatic carbocycles. The normalized spacial score (nSPS) is 9.65. The van der Waals surface area contributed by atoms with Crippen LogP contribution in [0.25, 0.3) is 0 Å². The zero-order chi connectivity index (χ0) is 14.4. The number of rotatable bonds is 5. The molecule has 0 amide bonds. The molecule has 2 rings (SSSR count). The first-order valence-electron chi connectivity index (χ1n) is 5.94. The molecule has 0 aliphatic heterocycles. The highest BCUT2D eigenvalue weighted by Gasteiger charge is 2.07. The lowest BCUT2D eigenvalue weighted by Gasteiger charge is -2.11. The molecule has 1 heterocycles. The molecular formula is C14H14N4O2. The lowest BCUT2D eigenvalue weighted by atomic mass is 10.2. The van der Waals surface area contributed by atoms with E-state index in [0.717, 1.165) is 11.3 Å². The molecule has 6 heteroatoms. The summed E-state index contributed by atoms with van der Waals surface area (Å²) in [5.41, 5.74) is 1.20.